The second-order valence-electron chi connectivity index (χ2n) is 10.6. The summed E-state index contributed by atoms with van der Waals surface area (Å²) in [6.45, 7) is 21.8. The van der Waals surface area contributed by atoms with E-state index in [4.69, 9.17) is 15.3 Å². The van der Waals surface area contributed by atoms with E-state index in [1.54, 1.807) is 0 Å². The van der Waals surface area contributed by atoms with Crippen LogP contribution < -0.4 is 9.77 Å². The second kappa shape index (κ2) is 8.04. The number of hydrogen-bond donors (Lipinski definition) is 1. The van der Waals surface area contributed by atoms with Crippen LogP contribution in [0, 0.1) is 0 Å². The van der Waals surface area contributed by atoms with Crippen LogP contribution in [0.2, 0.25) is 0 Å². The number of halogens is 1. The minimum atomic E-state index is -2.08. The molecule has 0 unspecified atom stereocenters. The van der Waals surface area contributed by atoms with Gasteiger partial charge >= 0.3 is 183 Å². The van der Waals surface area contributed by atoms with Gasteiger partial charge in [0.15, 0.2) is 0 Å². The summed E-state index contributed by atoms with van der Waals surface area (Å²) in [7, 11) is 7.73. The van der Waals surface area contributed by atoms with Crippen molar-refractivity contribution in [3.05, 3.63) is 48.5 Å². The number of hydrogen-bond acceptors (Lipinski definition) is 1. The van der Waals surface area contributed by atoms with Crippen molar-refractivity contribution in [3.63, 3.8) is 0 Å². The zero-order chi connectivity index (χ0) is 21.5. The maximum absolute atomic E-state index is 7.73. The van der Waals surface area contributed by atoms with E-state index in [1.165, 1.54) is 9.60 Å². The molecule has 0 aromatic heterocycles. The van der Waals surface area contributed by atoms with Crippen molar-refractivity contribution in [2.24, 2.45) is 0 Å². The molecule has 0 saturated heterocycles. The van der Waals surface area contributed by atoms with Crippen molar-refractivity contribution < 1.29 is 15.2 Å². The summed E-state index contributed by atoms with van der Waals surface area (Å²) in [6.07, 6.45) is 0. The first kappa shape index (κ1) is 23.9. The Morgan fingerprint density at radius 1 is 0.679 bits per heavy atom. The SMILES string of the molecule is CC(C)(C)[PH]([Pd]([Cl])[c]1ccccc1-c1ccccc1N)(C(C)(C)C)C(C)(C)C. The molecular weight excluding hydrogens is 475 g/mol. The average Bonchev–Trinajstić information content (AvgIpc) is 2.51. The third-order valence-corrected chi connectivity index (χ3v) is 31.7. The molecule has 161 valence electrons. The van der Waals surface area contributed by atoms with Crippen molar-refractivity contribution in [2.75, 3.05) is 5.73 Å². The molecule has 4 heteroatoms. The molecule has 2 rings (SSSR count). The number of para-hydroxylation sites is 1. The predicted octanol–water partition coefficient (Wildman–Crippen LogP) is 7.39. The van der Waals surface area contributed by atoms with E-state index >= 15 is 0 Å². The van der Waals surface area contributed by atoms with E-state index in [-0.39, 0.29) is 15.5 Å². The summed E-state index contributed by atoms with van der Waals surface area (Å²) in [5.74, 6) is 0. The van der Waals surface area contributed by atoms with Gasteiger partial charge in [-0.05, 0) is 0 Å². The summed E-state index contributed by atoms with van der Waals surface area (Å²) >= 11 is -1.57. The van der Waals surface area contributed by atoms with Gasteiger partial charge in [-0.1, -0.05) is 0 Å². The number of nitrogen functional groups attached to an aromatic ring is 1. The molecule has 2 N–H and O–H groups in total. The molecule has 0 bridgehead atoms. The van der Waals surface area contributed by atoms with E-state index in [9.17, 15) is 0 Å². The number of anilines is 1. The van der Waals surface area contributed by atoms with Crippen LogP contribution in [-0.2, 0) is 15.2 Å². The Hall–Kier alpha value is -0.378. The van der Waals surface area contributed by atoms with Crippen LogP contribution in [0.3, 0.4) is 0 Å². The Balaban J connectivity index is 2.86. The monoisotopic (exact) mass is 512 g/mol. The molecule has 0 heterocycles. The van der Waals surface area contributed by atoms with E-state index in [0.29, 0.717) is 0 Å². The first-order valence-corrected chi connectivity index (χ1v) is 16.8. The Morgan fingerprint density at radius 3 is 1.50 bits per heavy atom. The number of benzene rings is 2. The zero-order valence-electron chi connectivity index (χ0n) is 18.9. The fraction of sp³-hybridized carbons (Fsp3) is 0.500. The molecule has 0 spiro atoms. The van der Waals surface area contributed by atoms with Crippen LogP contribution in [0.25, 0.3) is 11.1 Å². The van der Waals surface area contributed by atoms with Gasteiger partial charge in [0.1, 0.15) is 0 Å². The molecule has 0 saturated carbocycles. The van der Waals surface area contributed by atoms with Crippen LogP contribution in [0.1, 0.15) is 62.3 Å². The topological polar surface area (TPSA) is 26.0 Å². The Kier molecular flexibility index (Phi) is 6.86. The molecule has 0 atom stereocenters. The van der Waals surface area contributed by atoms with Gasteiger partial charge in [-0.3, -0.25) is 0 Å². The number of rotatable bonds is 3. The molecule has 0 amide bonds. The molecule has 0 aliphatic rings. The molecular formula is C24H38ClNPPd. The van der Waals surface area contributed by atoms with Crippen molar-refractivity contribution in [1.29, 1.82) is 0 Å². The van der Waals surface area contributed by atoms with E-state index in [2.05, 4.69) is 98.7 Å². The third kappa shape index (κ3) is 3.96. The van der Waals surface area contributed by atoms with Gasteiger partial charge in [0.2, 0.25) is 0 Å². The number of nitrogens with two attached hydrogens (primary N) is 1. The van der Waals surface area contributed by atoms with Crippen molar-refractivity contribution >= 4 is 24.7 Å². The Morgan fingerprint density at radius 2 is 1.07 bits per heavy atom. The van der Waals surface area contributed by atoms with Gasteiger partial charge in [-0.25, -0.2) is 0 Å². The van der Waals surface area contributed by atoms with Crippen LogP contribution in [0.5, 0.6) is 0 Å². The predicted molar refractivity (Wildman–Crippen MR) is 129 cm³/mol. The van der Waals surface area contributed by atoms with Gasteiger partial charge in [0.25, 0.3) is 0 Å². The molecule has 2 aromatic rings. The molecule has 0 aliphatic heterocycles. The Bertz CT molecular complexity index is 791. The fourth-order valence-corrected chi connectivity index (χ4v) is 37.1. The Labute approximate surface area is 182 Å². The van der Waals surface area contributed by atoms with Crippen molar-refractivity contribution in [3.8, 4) is 11.1 Å². The zero-order valence-corrected chi connectivity index (χ0v) is 22.2. The van der Waals surface area contributed by atoms with Gasteiger partial charge in [0.05, 0.1) is 0 Å². The minimum absolute atomic E-state index is 0.168. The van der Waals surface area contributed by atoms with Gasteiger partial charge < -0.3 is 0 Å². The second-order valence-corrected chi connectivity index (χ2v) is 26.1. The molecule has 28 heavy (non-hydrogen) atoms. The summed E-state index contributed by atoms with van der Waals surface area (Å²) in [4.78, 5) is 0. The molecule has 0 radical (unpaired) electrons. The van der Waals surface area contributed by atoms with Crippen molar-refractivity contribution in [2.45, 2.75) is 77.8 Å². The quantitative estimate of drug-likeness (QED) is 0.259. The van der Waals surface area contributed by atoms with Crippen LogP contribution in [0.4, 0.5) is 5.69 Å². The molecule has 2 aromatic carbocycles. The standard InChI is InChI=1S/C12H10N.C12H27P.ClH.Pd/c13-12-9-5-4-8-11(12)10-6-2-1-3-7-10;1-10(2,3)13(11(4,5)6)12(7,8)9;;/h1-6,8-9H,13H2;1-9H3;1H;. The summed E-state index contributed by atoms with van der Waals surface area (Å²) in [6, 6.07) is 16.9. The summed E-state index contributed by atoms with van der Waals surface area (Å²) in [5.41, 5.74) is 7.42. The maximum atomic E-state index is 7.73. The first-order valence-electron chi connectivity index (χ1n) is 9.88. The van der Waals surface area contributed by atoms with Gasteiger partial charge in [-0.15, -0.1) is 0 Å². The molecule has 0 fully saturated rings. The molecule has 1 nitrogen and oxygen atoms in total. The van der Waals surface area contributed by atoms with Crippen LogP contribution in [0.15, 0.2) is 48.5 Å². The van der Waals surface area contributed by atoms with E-state index in [1.807, 2.05) is 12.1 Å². The normalized spacial score (nSPS) is 14.7. The summed E-state index contributed by atoms with van der Waals surface area (Å²) < 4.78 is 1.33. The van der Waals surface area contributed by atoms with E-state index < -0.39 is 20.7 Å². The fourth-order valence-electron chi connectivity index (χ4n) is 5.65. The van der Waals surface area contributed by atoms with Crippen molar-refractivity contribution in [1.82, 2.24) is 0 Å². The van der Waals surface area contributed by atoms with Gasteiger partial charge in [-0.2, -0.15) is 0 Å². The van der Waals surface area contributed by atoms with Crippen LogP contribution >= 0.6 is 15.0 Å². The molecule has 0 aliphatic carbocycles. The van der Waals surface area contributed by atoms with E-state index in [0.717, 1.165) is 11.3 Å². The third-order valence-electron chi connectivity index (χ3n) is 5.42. The summed E-state index contributed by atoms with van der Waals surface area (Å²) in [5, 5.41) is 0.505. The van der Waals surface area contributed by atoms with Gasteiger partial charge in [0, 0.05) is 0 Å². The first-order chi connectivity index (χ1) is 12.7. The van der Waals surface area contributed by atoms with Crippen LogP contribution in [-0.4, -0.2) is 15.5 Å². The average molecular weight is 513 g/mol.